The molecule has 1 unspecified atom stereocenters. The molecular weight excluding hydrogens is 156 g/mol. The summed E-state index contributed by atoms with van der Waals surface area (Å²) in [4.78, 5) is 0. The third-order valence-electron chi connectivity index (χ3n) is 2.83. The highest BCUT2D eigenvalue weighted by atomic mass is 14.3. The Balaban J connectivity index is 2.89. The molecule has 0 heteroatoms. The van der Waals surface area contributed by atoms with Gasteiger partial charge in [0.25, 0.3) is 0 Å². The van der Waals surface area contributed by atoms with E-state index < -0.39 is 0 Å². The Kier molecular flexibility index (Phi) is 3.17. The van der Waals surface area contributed by atoms with Crippen LogP contribution in [0.15, 0.2) is 29.5 Å². The van der Waals surface area contributed by atoms with Crippen LogP contribution in [0, 0.1) is 11.3 Å². The van der Waals surface area contributed by atoms with Crippen LogP contribution in [-0.4, -0.2) is 0 Å². The Hall–Kier alpha value is -0.740. The van der Waals surface area contributed by atoms with Crippen molar-refractivity contribution in [2.75, 3.05) is 0 Å². The molecule has 72 valence electrons. The maximum absolute atomic E-state index is 3.34. The quantitative estimate of drug-likeness (QED) is 0.439. The van der Waals surface area contributed by atoms with E-state index in [4.69, 9.17) is 0 Å². The predicted octanol–water partition coefficient (Wildman–Crippen LogP) is 4.10. The molecule has 13 heavy (non-hydrogen) atoms. The fraction of sp³-hybridized carbons (Fsp3) is 0.615. The summed E-state index contributed by atoms with van der Waals surface area (Å²) < 4.78 is 0. The number of hydrogen-bond acceptors (Lipinski definition) is 0. The third-order valence-corrected chi connectivity index (χ3v) is 2.83. The zero-order chi connectivity index (χ0) is 9.90. The van der Waals surface area contributed by atoms with Crippen molar-refractivity contribution in [2.24, 2.45) is 11.3 Å². The van der Waals surface area contributed by atoms with Crippen LogP contribution in [0.3, 0.4) is 0 Å². The van der Waals surface area contributed by atoms with E-state index in [2.05, 4.69) is 51.7 Å². The third kappa shape index (κ3) is 2.35. The Morgan fingerprint density at radius 3 is 2.85 bits per heavy atom. The summed E-state index contributed by atoms with van der Waals surface area (Å²) in [6.45, 7) is 9.03. The minimum absolute atomic E-state index is 0.376. The summed E-state index contributed by atoms with van der Waals surface area (Å²) in [5.41, 5.74) is 5.09. The molecule has 0 N–H and O–H groups in total. The minimum Gasteiger partial charge on any atom is -0.126 e. The van der Waals surface area contributed by atoms with Gasteiger partial charge in [0.1, 0.15) is 0 Å². The molecule has 1 aliphatic rings. The molecule has 0 saturated heterocycles. The predicted molar refractivity (Wildman–Crippen MR) is 58.6 cm³/mol. The summed E-state index contributed by atoms with van der Waals surface area (Å²) in [6, 6.07) is 0. The van der Waals surface area contributed by atoms with Crippen LogP contribution in [0.25, 0.3) is 0 Å². The van der Waals surface area contributed by atoms with Crippen molar-refractivity contribution in [3.8, 4) is 0 Å². The van der Waals surface area contributed by atoms with Gasteiger partial charge in [0.05, 0.1) is 0 Å². The lowest BCUT2D eigenvalue weighted by Gasteiger charge is -2.33. The highest BCUT2D eigenvalue weighted by Gasteiger charge is 2.29. The Morgan fingerprint density at radius 2 is 2.31 bits per heavy atom. The topological polar surface area (TPSA) is 0 Å². The van der Waals surface area contributed by atoms with Crippen LogP contribution in [-0.2, 0) is 0 Å². The smallest absolute Gasteiger partial charge is 0.0104 e. The number of hydrogen-bond donors (Lipinski definition) is 0. The summed E-state index contributed by atoms with van der Waals surface area (Å²) >= 11 is 0. The summed E-state index contributed by atoms with van der Waals surface area (Å²) in [6.07, 6.45) is 9.05. The second kappa shape index (κ2) is 3.98. The van der Waals surface area contributed by atoms with Crippen molar-refractivity contribution in [3.05, 3.63) is 29.5 Å². The zero-order valence-corrected chi connectivity index (χ0v) is 9.22. The Labute approximate surface area is 82.0 Å². The fourth-order valence-corrected chi connectivity index (χ4v) is 1.95. The molecule has 0 aromatic rings. The summed E-state index contributed by atoms with van der Waals surface area (Å²) in [5.74, 6) is 0.581. The molecule has 1 atom stereocenters. The Bertz CT molecular complexity index is 260. The SMILES string of the molecule is CCC=CC1C(C)=C=CCC1(C)C. The van der Waals surface area contributed by atoms with Gasteiger partial charge in [-0.2, -0.15) is 0 Å². The van der Waals surface area contributed by atoms with Crippen molar-refractivity contribution >= 4 is 0 Å². The Morgan fingerprint density at radius 1 is 1.62 bits per heavy atom. The van der Waals surface area contributed by atoms with E-state index in [-0.39, 0.29) is 0 Å². The lowest BCUT2D eigenvalue weighted by atomic mass is 9.70. The van der Waals surface area contributed by atoms with Crippen molar-refractivity contribution in [3.63, 3.8) is 0 Å². The first kappa shape index (κ1) is 10.3. The lowest BCUT2D eigenvalue weighted by Crippen LogP contribution is -2.24. The second-order valence-corrected chi connectivity index (χ2v) is 4.54. The van der Waals surface area contributed by atoms with Crippen LogP contribution in [0.5, 0.6) is 0 Å². The van der Waals surface area contributed by atoms with Gasteiger partial charge in [-0.3, -0.25) is 0 Å². The fourth-order valence-electron chi connectivity index (χ4n) is 1.95. The van der Waals surface area contributed by atoms with E-state index in [9.17, 15) is 0 Å². The first-order chi connectivity index (χ1) is 6.08. The van der Waals surface area contributed by atoms with E-state index in [0.717, 1.165) is 12.8 Å². The molecule has 0 aromatic carbocycles. The number of allylic oxidation sites excluding steroid dienone is 3. The second-order valence-electron chi connectivity index (χ2n) is 4.54. The monoisotopic (exact) mass is 176 g/mol. The van der Waals surface area contributed by atoms with Gasteiger partial charge >= 0.3 is 0 Å². The largest absolute Gasteiger partial charge is 0.126 e. The van der Waals surface area contributed by atoms with Crippen LogP contribution < -0.4 is 0 Å². The summed E-state index contributed by atoms with van der Waals surface area (Å²) in [7, 11) is 0. The van der Waals surface area contributed by atoms with Crippen LogP contribution in [0.2, 0.25) is 0 Å². The average molecular weight is 176 g/mol. The zero-order valence-electron chi connectivity index (χ0n) is 9.22. The highest BCUT2D eigenvalue weighted by Crippen LogP contribution is 2.39. The molecule has 0 bridgehead atoms. The van der Waals surface area contributed by atoms with Crippen molar-refractivity contribution in [2.45, 2.75) is 40.5 Å². The molecule has 0 spiro atoms. The normalized spacial score (nSPS) is 26.5. The molecule has 0 nitrogen and oxygen atoms in total. The van der Waals surface area contributed by atoms with Crippen LogP contribution in [0.4, 0.5) is 0 Å². The molecule has 1 rings (SSSR count). The van der Waals surface area contributed by atoms with Gasteiger partial charge in [-0.1, -0.05) is 32.9 Å². The molecule has 1 aliphatic carbocycles. The molecule has 0 saturated carbocycles. The maximum Gasteiger partial charge on any atom is 0.0104 e. The molecule has 0 heterocycles. The lowest BCUT2D eigenvalue weighted by molar-refractivity contribution is 0.289. The standard InChI is InChI=1S/C13H20/c1-5-6-9-12-11(2)8-7-10-13(12,3)4/h6-7,9,12H,5,10H2,1-4H3. The molecular formula is C13H20. The van der Waals surface area contributed by atoms with Crippen molar-refractivity contribution in [1.29, 1.82) is 0 Å². The van der Waals surface area contributed by atoms with Crippen LogP contribution in [0.1, 0.15) is 40.5 Å². The highest BCUT2D eigenvalue weighted by molar-refractivity contribution is 5.19. The maximum atomic E-state index is 3.34. The van der Waals surface area contributed by atoms with E-state index in [1.54, 1.807) is 0 Å². The first-order valence-corrected chi connectivity index (χ1v) is 5.16. The van der Waals surface area contributed by atoms with Crippen molar-refractivity contribution < 1.29 is 0 Å². The van der Waals surface area contributed by atoms with Gasteiger partial charge in [-0.05, 0) is 36.8 Å². The van der Waals surface area contributed by atoms with Crippen LogP contribution >= 0.6 is 0 Å². The van der Waals surface area contributed by atoms with E-state index in [0.29, 0.717) is 11.3 Å². The van der Waals surface area contributed by atoms with Gasteiger partial charge in [0, 0.05) is 5.92 Å². The molecule has 0 radical (unpaired) electrons. The molecule has 0 aliphatic heterocycles. The van der Waals surface area contributed by atoms with E-state index in [1.807, 2.05) is 0 Å². The molecule has 0 fully saturated rings. The van der Waals surface area contributed by atoms with Crippen molar-refractivity contribution in [1.82, 2.24) is 0 Å². The van der Waals surface area contributed by atoms with Gasteiger partial charge in [0.15, 0.2) is 0 Å². The van der Waals surface area contributed by atoms with Gasteiger partial charge in [-0.15, -0.1) is 5.73 Å². The van der Waals surface area contributed by atoms with Gasteiger partial charge in [0.2, 0.25) is 0 Å². The average Bonchev–Trinajstić information content (AvgIpc) is 2.02. The van der Waals surface area contributed by atoms with E-state index >= 15 is 0 Å². The minimum atomic E-state index is 0.376. The number of rotatable bonds is 2. The molecule has 0 amide bonds. The van der Waals surface area contributed by atoms with E-state index in [1.165, 1.54) is 5.57 Å². The molecule has 0 aromatic heterocycles. The summed E-state index contributed by atoms with van der Waals surface area (Å²) in [5, 5.41) is 0. The van der Waals surface area contributed by atoms with Gasteiger partial charge < -0.3 is 0 Å². The first-order valence-electron chi connectivity index (χ1n) is 5.16. The van der Waals surface area contributed by atoms with Gasteiger partial charge in [-0.25, -0.2) is 0 Å².